The molecule has 1 heterocycles. The van der Waals surface area contributed by atoms with E-state index in [1.807, 2.05) is 4.90 Å². The largest absolute Gasteiger partial charge is 0.341 e. The smallest absolute Gasteiger partial charge is 0.239 e. The van der Waals surface area contributed by atoms with Crippen LogP contribution in [-0.4, -0.2) is 29.9 Å². The van der Waals surface area contributed by atoms with E-state index in [1.54, 1.807) is 0 Å². The van der Waals surface area contributed by atoms with Crippen LogP contribution in [-0.2, 0) is 4.79 Å². The Morgan fingerprint density at radius 1 is 1.29 bits per heavy atom. The van der Waals surface area contributed by atoms with Crippen molar-refractivity contribution in [2.24, 2.45) is 11.7 Å². The highest BCUT2D eigenvalue weighted by molar-refractivity contribution is 5.81. The standard InChI is InChI=1S/C14H28N2O/c1-3-6-12-8-5-10-16(11-9-12)14(17)13(15)7-4-2/h12-13H,3-11,15H2,1-2H3/t12?,13-/m0/s1. The van der Waals surface area contributed by atoms with Gasteiger partial charge in [-0.1, -0.05) is 33.1 Å². The zero-order chi connectivity index (χ0) is 12.7. The Hall–Kier alpha value is -0.570. The normalized spacial score (nSPS) is 23.2. The lowest BCUT2D eigenvalue weighted by Gasteiger charge is -2.24. The molecule has 1 saturated heterocycles. The number of nitrogens with zero attached hydrogens (tertiary/aromatic N) is 1. The molecule has 2 atom stereocenters. The van der Waals surface area contributed by atoms with Crippen molar-refractivity contribution in [3.63, 3.8) is 0 Å². The van der Waals surface area contributed by atoms with Gasteiger partial charge in [0.05, 0.1) is 6.04 Å². The maximum atomic E-state index is 12.1. The maximum absolute atomic E-state index is 12.1. The third-order valence-electron chi connectivity index (χ3n) is 3.77. The second kappa shape index (κ2) is 7.70. The number of rotatable bonds is 5. The van der Waals surface area contributed by atoms with Crippen LogP contribution in [0.15, 0.2) is 0 Å². The topological polar surface area (TPSA) is 46.3 Å². The first-order valence-corrected chi connectivity index (χ1v) is 7.23. The van der Waals surface area contributed by atoms with Crippen molar-refractivity contribution in [3.05, 3.63) is 0 Å². The van der Waals surface area contributed by atoms with E-state index in [-0.39, 0.29) is 11.9 Å². The van der Waals surface area contributed by atoms with Crippen molar-refractivity contribution in [1.29, 1.82) is 0 Å². The zero-order valence-corrected chi connectivity index (χ0v) is 11.5. The molecule has 1 unspecified atom stereocenters. The fourth-order valence-electron chi connectivity index (χ4n) is 2.75. The molecule has 3 nitrogen and oxygen atoms in total. The van der Waals surface area contributed by atoms with Crippen LogP contribution in [0.4, 0.5) is 0 Å². The highest BCUT2D eigenvalue weighted by Gasteiger charge is 2.23. The van der Waals surface area contributed by atoms with Gasteiger partial charge in [-0.15, -0.1) is 0 Å². The fourth-order valence-corrected chi connectivity index (χ4v) is 2.75. The highest BCUT2D eigenvalue weighted by Crippen LogP contribution is 2.22. The fraction of sp³-hybridized carbons (Fsp3) is 0.929. The SMILES string of the molecule is CCCC1CCCN(C(=O)[C@@H](N)CCC)CC1. The Bertz CT molecular complexity index is 230. The summed E-state index contributed by atoms with van der Waals surface area (Å²) in [5.74, 6) is 0.990. The molecule has 17 heavy (non-hydrogen) atoms. The van der Waals surface area contributed by atoms with Crippen LogP contribution in [0.5, 0.6) is 0 Å². The summed E-state index contributed by atoms with van der Waals surface area (Å²) >= 11 is 0. The minimum Gasteiger partial charge on any atom is -0.341 e. The summed E-state index contributed by atoms with van der Waals surface area (Å²) in [4.78, 5) is 14.1. The van der Waals surface area contributed by atoms with Crippen molar-refractivity contribution in [2.75, 3.05) is 13.1 Å². The van der Waals surface area contributed by atoms with Crippen LogP contribution in [0.25, 0.3) is 0 Å². The molecule has 1 aliphatic rings. The molecule has 1 fully saturated rings. The Kier molecular flexibility index (Phi) is 6.56. The molecule has 0 radical (unpaired) electrons. The van der Waals surface area contributed by atoms with E-state index in [0.717, 1.165) is 38.3 Å². The van der Waals surface area contributed by atoms with Gasteiger partial charge in [-0.25, -0.2) is 0 Å². The Balaban J connectivity index is 2.42. The molecule has 3 heteroatoms. The minimum atomic E-state index is -0.275. The van der Waals surface area contributed by atoms with Gasteiger partial charge in [0, 0.05) is 13.1 Å². The Morgan fingerprint density at radius 3 is 2.71 bits per heavy atom. The molecule has 0 aliphatic carbocycles. The lowest BCUT2D eigenvalue weighted by atomic mass is 9.96. The van der Waals surface area contributed by atoms with Crippen molar-refractivity contribution in [2.45, 2.75) is 64.8 Å². The molecule has 0 saturated carbocycles. The molecule has 1 rings (SSSR count). The predicted molar refractivity (Wildman–Crippen MR) is 71.7 cm³/mol. The molecular formula is C14H28N2O. The number of nitrogens with two attached hydrogens (primary N) is 1. The molecule has 1 aliphatic heterocycles. The van der Waals surface area contributed by atoms with Crippen molar-refractivity contribution < 1.29 is 4.79 Å². The highest BCUT2D eigenvalue weighted by atomic mass is 16.2. The lowest BCUT2D eigenvalue weighted by molar-refractivity contribution is -0.132. The Labute approximate surface area is 106 Å². The summed E-state index contributed by atoms with van der Waals surface area (Å²) in [5.41, 5.74) is 5.91. The predicted octanol–water partition coefficient (Wildman–Crippen LogP) is 2.54. The number of amides is 1. The van der Waals surface area contributed by atoms with E-state index < -0.39 is 0 Å². The molecule has 100 valence electrons. The van der Waals surface area contributed by atoms with Gasteiger partial charge in [0.25, 0.3) is 0 Å². The van der Waals surface area contributed by atoms with Crippen LogP contribution in [0.2, 0.25) is 0 Å². The van der Waals surface area contributed by atoms with Gasteiger partial charge < -0.3 is 10.6 Å². The van der Waals surface area contributed by atoms with Gasteiger partial charge in [-0.2, -0.15) is 0 Å². The first-order valence-electron chi connectivity index (χ1n) is 7.23. The molecule has 0 bridgehead atoms. The van der Waals surface area contributed by atoms with Gasteiger partial charge in [0.2, 0.25) is 5.91 Å². The average molecular weight is 240 g/mol. The molecular weight excluding hydrogens is 212 g/mol. The van der Waals surface area contributed by atoms with E-state index in [9.17, 15) is 4.79 Å². The van der Waals surface area contributed by atoms with Crippen LogP contribution in [0.1, 0.15) is 58.8 Å². The van der Waals surface area contributed by atoms with Crippen molar-refractivity contribution in [1.82, 2.24) is 4.90 Å². The monoisotopic (exact) mass is 240 g/mol. The second-order valence-corrected chi connectivity index (χ2v) is 5.31. The zero-order valence-electron chi connectivity index (χ0n) is 11.5. The summed E-state index contributed by atoms with van der Waals surface area (Å²) in [6, 6.07) is -0.275. The number of likely N-dealkylation sites (tertiary alicyclic amines) is 1. The van der Waals surface area contributed by atoms with Gasteiger partial charge in [-0.3, -0.25) is 4.79 Å². The van der Waals surface area contributed by atoms with Gasteiger partial charge in [0.1, 0.15) is 0 Å². The third-order valence-corrected chi connectivity index (χ3v) is 3.77. The molecule has 0 aromatic carbocycles. The number of hydrogen-bond acceptors (Lipinski definition) is 2. The van der Waals surface area contributed by atoms with Crippen molar-refractivity contribution >= 4 is 5.91 Å². The molecule has 0 spiro atoms. The van der Waals surface area contributed by atoms with Gasteiger partial charge in [-0.05, 0) is 31.6 Å². The Morgan fingerprint density at radius 2 is 2.06 bits per heavy atom. The summed E-state index contributed by atoms with van der Waals surface area (Å²) in [6.45, 7) is 6.15. The maximum Gasteiger partial charge on any atom is 0.239 e. The van der Waals surface area contributed by atoms with E-state index in [2.05, 4.69) is 13.8 Å². The van der Waals surface area contributed by atoms with E-state index in [4.69, 9.17) is 5.73 Å². The number of carbonyl (C=O) groups excluding carboxylic acids is 1. The van der Waals surface area contributed by atoms with E-state index >= 15 is 0 Å². The summed E-state index contributed by atoms with van der Waals surface area (Å²) in [5, 5.41) is 0. The quantitative estimate of drug-likeness (QED) is 0.802. The van der Waals surface area contributed by atoms with Gasteiger partial charge in [0.15, 0.2) is 0 Å². The number of hydrogen-bond donors (Lipinski definition) is 1. The average Bonchev–Trinajstić information content (AvgIpc) is 2.54. The van der Waals surface area contributed by atoms with Crippen LogP contribution in [0.3, 0.4) is 0 Å². The molecule has 2 N–H and O–H groups in total. The van der Waals surface area contributed by atoms with Crippen LogP contribution >= 0.6 is 0 Å². The van der Waals surface area contributed by atoms with E-state index in [0.29, 0.717) is 0 Å². The molecule has 0 aromatic heterocycles. The molecule has 0 aromatic rings. The second-order valence-electron chi connectivity index (χ2n) is 5.31. The number of carbonyl (C=O) groups is 1. The van der Waals surface area contributed by atoms with Crippen LogP contribution < -0.4 is 5.73 Å². The first-order chi connectivity index (χ1) is 8.19. The summed E-state index contributed by atoms with van der Waals surface area (Å²) in [6.07, 6.45) is 7.96. The first kappa shape index (κ1) is 14.5. The van der Waals surface area contributed by atoms with Crippen LogP contribution in [0, 0.1) is 5.92 Å². The lowest BCUT2D eigenvalue weighted by Crippen LogP contribution is -2.44. The summed E-state index contributed by atoms with van der Waals surface area (Å²) in [7, 11) is 0. The molecule has 1 amide bonds. The van der Waals surface area contributed by atoms with E-state index in [1.165, 1.54) is 25.7 Å². The third kappa shape index (κ3) is 4.66. The van der Waals surface area contributed by atoms with Gasteiger partial charge >= 0.3 is 0 Å². The van der Waals surface area contributed by atoms with Crippen molar-refractivity contribution in [3.8, 4) is 0 Å². The minimum absolute atomic E-state index is 0.170. The summed E-state index contributed by atoms with van der Waals surface area (Å²) < 4.78 is 0.